The van der Waals surface area contributed by atoms with Gasteiger partial charge in [-0.05, 0) is 29.0 Å². The molecule has 0 atom stereocenters. The highest BCUT2D eigenvalue weighted by molar-refractivity contribution is 5.92. The van der Waals surface area contributed by atoms with Crippen LogP contribution in [0.1, 0.15) is 0 Å². The molecule has 132 valence electrons. The van der Waals surface area contributed by atoms with Crippen LogP contribution in [0.4, 0.5) is 0 Å². The molecule has 0 aliphatic heterocycles. The highest BCUT2D eigenvalue weighted by Crippen LogP contribution is 2.37. The van der Waals surface area contributed by atoms with Crippen LogP contribution in [0.15, 0.2) is 101 Å². The molecule has 0 amide bonds. The summed E-state index contributed by atoms with van der Waals surface area (Å²) >= 11 is 0. The number of nitrogens with zero attached hydrogens (tertiary/aromatic N) is 2. The average molecular weight is 360 g/mol. The number of aromatic nitrogens is 2. The summed E-state index contributed by atoms with van der Waals surface area (Å²) in [7, 11) is 0. The molecular formula is C25H16N2O. The van der Waals surface area contributed by atoms with Crippen LogP contribution >= 0.6 is 0 Å². The zero-order valence-electron chi connectivity index (χ0n) is 15.0. The molecule has 6 rings (SSSR count). The molecule has 0 aliphatic carbocycles. The lowest BCUT2D eigenvalue weighted by molar-refractivity contribution is 0.642. The van der Waals surface area contributed by atoms with E-state index in [9.17, 15) is 0 Å². The lowest BCUT2D eigenvalue weighted by Crippen LogP contribution is -1.89. The molecule has 2 aromatic heterocycles. The van der Waals surface area contributed by atoms with Gasteiger partial charge >= 0.3 is 5.84 Å². The Morgan fingerprint density at radius 2 is 1.39 bits per heavy atom. The van der Waals surface area contributed by atoms with Crippen molar-refractivity contribution in [1.29, 1.82) is 0 Å². The van der Waals surface area contributed by atoms with Crippen LogP contribution in [0.5, 0.6) is 0 Å². The summed E-state index contributed by atoms with van der Waals surface area (Å²) in [5.41, 5.74) is 6.05. The van der Waals surface area contributed by atoms with Crippen molar-refractivity contribution < 1.29 is 4.42 Å². The first kappa shape index (κ1) is 15.2. The minimum absolute atomic E-state index is 0.614. The van der Waals surface area contributed by atoms with Crippen molar-refractivity contribution in [3.8, 4) is 22.5 Å². The third kappa shape index (κ3) is 2.20. The van der Waals surface area contributed by atoms with Gasteiger partial charge in [-0.3, -0.25) is 4.40 Å². The molecule has 0 saturated carbocycles. The van der Waals surface area contributed by atoms with E-state index in [0.717, 1.165) is 33.6 Å². The van der Waals surface area contributed by atoms with Crippen LogP contribution < -0.4 is 0 Å². The van der Waals surface area contributed by atoms with E-state index >= 15 is 0 Å². The minimum Gasteiger partial charge on any atom is -0.423 e. The first-order chi connectivity index (χ1) is 13.9. The van der Waals surface area contributed by atoms with Gasteiger partial charge in [-0.1, -0.05) is 78.9 Å². The summed E-state index contributed by atoms with van der Waals surface area (Å²) in [6, 6.07) is 33.3. The fourth-order valence-corrected chi connectivity index (χ4v) is 3.92. The van der Waals surface area contributed by atoms with Crippen molar-refractivity contribution in [1.82, 2.24) is 9.38 Å². The van der Waals surface area contributed by atoms with Crippen LogP contribution in [0.3, 0.4) is 0 Å². The smallest absolute Gasteiger partial charge is 0.307 e. The summed E-state index contributed by atoms with van der Waals surface area (Å²) in [5.74, 6) is 0.614. The van der Waals surface area contributed by atoms with Crippen molar-refractivity contribution in [2.45, 2.75) is 0 Å². The predicted octanol–water partition coefficient (Wildman–Crippen LogP) is 6.57. The van der Waals surface area contributed by atoms with Crippen molar-refractivity contribution >= 4 is 27.7 Å². The first-order valence-electron chi connectivity index (χ1n) is 9.33. The van der Waals surface area contributed by atoms with Gasteiger partial charge in [0.05, 0.1) is 11.2 Å². The molecule has 6 aromatic rings. The van der Waals surface area contributed by atoms with Gasteiger partial charge in [0.2, 0.25) is 0 Å². The molecule has 3 heteroatoms. The Hall–Kier alpha value is -3.85. The molecule has 0 N–H and O–H groups in total. The third-order valence-corrected chi connectivity index (χ3v) is 5.22. The molecule has 3 nitrogen and oxygen atoms in total. The molecule has 0 bridgehead atoms. The molecule has 0 radical (unpaired) electrons. The van der Waals surface area contributed by atoms with Gasteiger partial charge in [-0.15, -0.1) is 0 Å². The molecule has 2 heterocycles. The van der Waals surface area contributed by atoms with Crippen LogP contribution in [-0.2, 0) is 0 Å². The molecule has 0 aliphatic rings. The number of oxazole rings is 1. The number of hydrogen-bond acceptors (Lipinski definition) is 2. The van der Waals surface area contributed by atoms with Crippen LogP contribution in [0.25, 0.3) is 50.2 Å². The predicted molar refractivity (Wildman–Crippen MR) is 113 cm³/mol. The second-order valence-corrected chi connectivity index (χ2v) is 6.92. The Morgan fingerprint density at radius 1 is 0.643 bits per heavy atom. The summed E-state index contributed by atoms with van der Waals surface area (Å²) < 4.78 is 8.18. The van der Waals surface area contributed by atoms with Crippen LogP contribution in [-0.4, -0.2) is 9.38 Å². The number of imidazole rings is 1. The zero-order valence-corrected chi connectivity index (χ0v) is 15.0. The van der Waals surface area contributed by atoms with Crippen molar-refractivity contribution in [2.75, 3.05) is 0 Å². The number of rotatable bonds is 2. The van der Waals surface area contributed by atoms with E-state index in [0.29, 0.717) is 5.84 Å². The van der Waals surface area contributed by atoms with Crippen LogP contribution in [0, 0.1) is 0 Å². The lowest BCUT2D eigenvalue weighted by Gasteiger charge is -2.07. The standard InChI is InChI=1S/C25H16N2O/c1-2-9-18(10-3-1)23-24(20-15-14-17-8-4-5-11-19(17)16-20)27-21-12-6-7-13-22(21)28-25(27)26-23/h1-16H. The molecule has 0 spiro atoms. The molecule has 0 saturated heterocycles. The summed E-state index contributed by atoms with van der Waals surface area (Å²) in [4.78, 5) is 4.87. The normalized spacial score (nSPS) is 11.6. The highest BCUT2D eigenvalue weighted by Gasteiger charge is 2.20. The second-order valence-electron chi connectivity index (χ2n) is 6.92. The van der Waals surface area contributed by atoms with Gasteiger partial charge in [0.15, 0.2) is 5.58 Å². The van der Waals surface area contributed by atoms with E-state index in [2.05, 4.69) is 65.1 Å². The summed E-state index contributed by atoms with van der Waals surface area (Å²) in [6.45, 7) is 0. The van der Waals surface area contributed by atoms with Crippen molar-refractivity contribution in [3.63, 3.8) is 0 Å². The summed E-state index contributed by atoms with van der Waals surface area (Å²) in [6.07, 6.45) is 0. The van der Waals surface area contributed by atoms with Crippen molar-refractivity contribution in [3.05, 3.63) is 97.1 Å². The number of hydrogen-bond donors (Lipinski definition) is 0. The van der Waals surface area contributed by atoms with Gasteiger partial charge in [0.25, 0.3) is 0 Å². The number of benzene rings is 4. The van der Waals surface area contributed by atoms with Crippen molar-refractivity contribution in [2.24, 2.45) is 0 Å². The highest BCUT2D eigenvalue weighted by atomic mass is 16.4. The van der Waals surface area contributed by atoms with Gasteiger partial charge in [0.1, 0.15) is 5.69 Å². The quantitative estimate of drug-likeness (QED) is 0.350. The molecular weight excluding hydrogens is 344 g/mol. The maximum atomic E-state index is 6.06. The van der Waals surface area contributed by atoms with E-state index in [-0.39, 0.29) is 0 Å². The average Bonchev–Trinajstić information content (AvgIpc) is 3.30. The second kappa shape index (κ2) is 5.83. The number of para-hydroxylation sites is 2. The zero-order chi connectivity index (χ0) is 18.5. The topological polar surface area (TPSA) is 30.4 Å². The molecule has 28 heavy (non-hydrogen) atoms. The Labute approximate surface area is 161 Å². The lowest BCUT2D eigenvalue weighted by atomic mass is 10.0. The van der Waals surface area contributed by atoms with Gasteiger partial charge in [-0.25, -0.2) is 0 Å². The maximum absolute atomic E-state index is 6.06. The van der Waals surface area contributed by atoms with Gasteiger partial charge in [0, 0.05) is 11.1 Å². The van der Waals surface area contributed by atoms with E-state index in [1.54, 1.807) is 0 Å². The minimum atomic E-state index is 0.614. The van der Waals surface area contributed by atoms with E-state index in [1.807, 2.05) is 36.4 Å². The SMILES string of the molecule is c1ccc(-c2nc3oc4ccccc4n3c2-c2ccc3ccccc3c2)cc1. The molecule has 4 aromatic carbocycles. The Kier molecular flexibility index (Phi) is 3.17. The largest absolute Gasteiger partial charge is 0.423 e. The summed E-state index contributed by atoms with van der Waals surface area (Å²) in [5, 5.41) is 2.44. The number of fused-ring (bicyclic) bond motifs is 4. The first-order valence-corrected chi connectivity index (χ1v) is 9.33. The fraction of sp³-hybridized carbons (Fsp3) is 0. The Morgan fingerprint density at radius 3 is 2.29 bits per heavy atom. The maximum Gasteiger partial charge on any atom is 0.307 e. The van der Waals surface area contributed by atoms with Gasteiger partial charge < -0.3 is 4.42 Å². The van der Waals surface area contributed by atoms with E-state index in [1.165, 1.54) is 10.8 Å². The monoisotopic (exact) mass is 360 g/mol. The van der Waals surface area contributed by atoms with E-state index < -0.39 is 0 Å². The Balaban J connectivity index is 1.74. The molecule has 0 fully saturated rings. The molecule has 0 unspecified atom stereocenters. The third-order valence-electron chi connectivity index (χ3n) is 5.22. The van der Waals surface area contributed by atoms with E-state index in [4.69, 9.17) is 9.40 Å². The Bertz CT molecular complexity index is 1460. The van der Waals surface area contributed by atoms with Crippen LogP contribution in [0.2, 0.25) is 0 Å². The van der Waals surface area contributed by atoms with Gasteiger partial charge in [-0.2, -0.15) is 4.98 Å². The fourth-order valence-electron chi connectivity index (χ4n) is 3.92.